The summed E-state index contributed by atoms with van der Waals surface area (Å²) in [5, 5.41) is 0. The van der Waals surface area contributed by atoms with Crippen molar-refractivity contribution in [1.82, 2.24) is 0 Å². The Kier molecular flexibility index (Phi) is 4.85. The van der Waals surface area contributed by atoms with E-state index in [-0.39, 0.29) is 0 Å². The lowest BCUT2D eigenvalue weighted by molar-refractivity contribution is 0.508. The molecule has 2 rings (SSSR count). The molecular weight excluding hydrogens is 204 g/mol. The third-order valence-corrected chi connectivity index (χ3v) is 3.76. The van der Waals surface area contributed by atoms with Gasteiger partial charge in [0, 0.05) is 0 Å². The Hall–Kier alpha value is -1.04. The molecule has 1 aromatic carbocycles. The lowest BCUT2D eigenvalue weighted by Crippen LogP contribution is -2.01. The van der Waals surface area contributed by atoms with Crippen molar-refractivity contribution in [3.05, 3.63) is 47.5 Å². The van der Waals surface area contributed by atoms with Gasteiger partial charge in [-0.1, -0.05) is 48.9 Å². The summed E-state index contributed by atoms with van der Waals surface area (Å²) in [7, 11) is 0. The summed E-state index contributed by atoms with van der Waals surface area (Å²) in [4.78, 5) is 0. The maximum absolute atomic E-state index is 2.49. The Morgan fingerprint density at radius 2 is 1.94 bits per heavy atom. The lowest BCUT2D eigenvalue weighted by Gasteiger charge is -2.17. The highest BCUT2D eigenvalue weighted by atomic mass is 14.1. The second-order valence-corrected chi connectivity index (χ2v) is 5.44. The Labute approximate surface area is 106 Å². The fourth-order valence-electron chi connectivity index (χ4n) is 2.70. The van der Waals surface area contributed by atoms with E-state index in [9.17, 15) is 0 Å². The highest BCUT2D eigenvalue weighted by Gasteiger charge is 2.08. The molecule has 1 aliphatic rings. The standard InChI is InChI=1S/C17H24/c1-15(14-17-10-6-3-7-11-17)12-13-16-8-4-2-5-9-16/h2,4-5,8-10,15H,3,6-7,11-14H2,1H3/t15-/m1/s1. The molecule has 92 valence electrons. The molecule has 0 nitrogen and oxygen atoms in total. The first-order valence-corrected chi connectivity index (χ1v) is 7.06. The van der Waals surface area contributed by atoms with Crippen molar-refractivity contribution in [2.45, 2.75) is 51.9 Å². The molecule has 0 fully saturated rings. The molecule has 0 heteroatoms. The summed E-state index contributed by atoms with van der Waals surface area (Å²) in [6.45, 7) is 2.40. The molecule has 17 heavy (non-hydrogen) atoms. The molecule has 0 spiro atoms. The molecule has 0 saturated carbocycles. The van der Waals surface area contributed by atoms with Crippen LogP contribution in [-0.2, 0) is 6.42 Å². The van der Waals surface area contributed by atoms with Gasteiger partial charge in [0.05, 0.1) is 0 Å². The van der Waals surface area contributed by atoms with Crippen molar-refractivity contribution in [3.63, 3.8) is 0 Å². The van der Waals surface area contributed by atoms with Crippen LogP contribution in [0.3, 0.4) is 0 Å². The minimum absolute atomic E-state index is 0.833. The smallest absolute Gasteiger partial charge is 0.0276 e. The predicted molar refractivity (Wildman–Crippen MR) is 75.1 cm³/mol. The van der Waals surface area contributed by atoms with Gasteiger partial charge in [0.2, 0.25) is 0 Å². The van der Waals surface area contributed by atoms with Crippen LogP contribution in [0.15, 0.2) is 42.0 Å². The third kappa shape index (κ3) is 4.38. The van der Waals surface area contributed by atoms with E-state index in [2.05, 4.69) is 43.3 Å². The van der Waals surface area contributed by atoms with Crippen LogP contribution >= 0.6 is 0 Å². The number of aryl methyl sites for hydroxylation is 1. The van der Waals surface area contributed by atoms with Gasteiger partial charge < -0.3 is 0 Å². The van der Waals surface area contributed by atoms with E-state index in [0.29, 0.717) is 0 Å². The molecule has 0 aliphatic heterocycles. The normalized spacial score (nSPS) is 17.6. The summed E-state index contributed by atoms with van der Waals surface area (Å²) >= 11 is 0. The van der Waals surface area contributed by atoms with Crippen molar-refractivity contribution in [1.29, 1.82) is 0 Å². The first kappa shape index (κ1) is 12.4. The first-order chi connectivity index (χ1) is 8.34. The molecule has 0 saturated heterocycles. The molecule has 0 radical (unpaired) electrons. The van der Waals surface area contributed by atoms with Gasteiger partial charge in [0.15, 0.2) is 0 Å². The molecule has 0 amide bonds. The van der Waals surface area contributed by atoms with Crippen molar-refractivity contribution in [3.8, 4) is 0 Å². The first-order valence-electron chi connectivity index (χ1n) is 7.06. The van der Waals surface area contributed by atoms with Crippen LogP contribution in [0, 0.1) is 5.92 Å². The number of allylic oxidation sites excluding steroid dienone is 2. The molecular formula is C17H24. The average molecular weight is 228 g/mol. The highest BCUT2D eigenvalue weighted by Crippen LogP contribution is 2.25. The van der Waals surface area contributed by atoms with Gasteiger partial charge in [-0.05, 0) is 56.4 Å². The molecule has 0 bridgehead atoms. The highest BCUT2D eigenvalue weighted by molar-refractivity contribution is 5.14. The average Bonchev–Trinajstić information content (AvgIpc) is 2.39. The van der Waals surface area contributed by atoms with E-state index >= 15 is 0 Å². The Bertz CT molecular complexity index is 348. The van der Waals surface area contributed by atoms with Gasteiger partial charge >= 0.3 is 0 Å². The van der Waals surface area contributed by atoms with Gasteiger partial charge in [-0.15, -0.1) is 0 Å². The lowest BCUT2D eigenvalue weighted by atomic mass is 9.89. The summed E-state index contributed by atoms with van der Waals surface area (Å²) < 4.78 is 0. The fourth-order valence-corrected chi connectivity index (χ4v) is 2.70. The van der Waals surface area contributed by atoms with E-state index < -0.39 is 0 Å². The molecule has 0 unspecified atom stereocenters. The van der Waals surface area contributed by atoms with Gasteiger partial charge in [0.1, 0.15) is 0 Å². The Balaban J connectivity index is 1.74. The maximum Gasteiger partial charge on any atom is -0.0276 e. The Morgan fingerprint density at radius 3 is 2.65 bits per heavy atom. The molecule has 0 N–H and O–H groups in total. The van der Waals surface area contributed by atoms with Crippen LogP contribution in [0.4, 0.5) is 0 Å². The summed E-state index contributed by atoms with van der Waals surface area (Å²) in [6, 6.07) is 10.9. The van der Waals surface area contributed by atoms with Crippen molar-refractivity contribution >= 4 is 0 Å². The van der Waals surface area contributed by atoms with E-state index in [4.69, 9.17) is 0 Å². The summed E-state index contributed by atoms with van der Waals surface area (Å²) in [6.07, 6.45) is 11.9. The van der Waals surface area contributed by atoms with Crippen LogP contribution in [0.5, 0.6) is 0 Å². The Morgan fingerprint density at radius 1 is 1.12 bits per heavy atom. The zero-order chi connectivity index (χ0) is 11.9. The predicted octanol–water partition coefficient (Wildman–Crippen LogP) is 5.15. The number of hydrogen-bond acceptors (Lipinski definition) is 0. The van der Waals surface area contributed by atoms with Gasteiger partial charge in [-0.25, -0.2) is 0 Å². The second kappa shape index (κ2) is 6.64. The van der Waals surface area contributed by atoms with E-state index in [0.717, 1.165) is 5.92 Å². The van der Waals surface area contributed by atoms with Crippen LogP contribution < -0.4 is 0 Å². The molecule has 1 atom stereocenters. The van der Waals surface area contributed by atoms with E-state index in [1.165, 1.54) is 50.5 Å². The number of rotatable bonds is 5. The molecule has 1 aliphatic carbocycles. The monoisotopic (exact) mass is 228 g/mol. The maximum atomic E-state index is 2.49. The number of benzene rings is 1. The second-order valence-electron chi connectivity index (χ2n) is 5.44. The van der Waals surface area contributed by atoms with Gasteiger partial charge in [0.25, 0.3) is 0 Å². The number of hydrogen-bond donors (Lipinski definition) is 0. The van der Waals surface area contributed by atoms with E-state index in [1.807, 2.05) is 0 Å². The molecule has 0 heterocycles. The minimum Gasteiger partial charge on any atom is -0.0853 e. The topological polar surface area (TPSA) is 0 Å². The minimum atomic E-state index is 0.833. The SMILES string of the molecule is C[C@H](CCc1ccccc1)CC1=CCCCC1. The van der Waals surface area contributed by atoms with Crippen molar-refractivity contribution in [2.24, 2.45) is 5.92 Å². The largest absolute Gasteiger partial charge is 0.0853 e. The fraction of sp³-hybridized carbons (Fsp3) is 0.529. The zero-order valence-electron chi connectivity index (χ0n) is 11.0. The quantitative estimate of drug-likeness (QED) is 0.612. The van der Waals surface area contributed by atoms with Crippen molar-refractivity contribution in [2.75, 3.05) is 0 Å². The third-order valence-electron chi connectivity index (χ3n) is 3.76. The van der Waals surface area contributed by atoms with Crippen LogP contribution in [0.25, 0.3) is 0 Å². The van der Waals surface area contributed by atoms with Gasteiger partial charge in [-0.2, -0.15) is 0 Å². The van der Waals surface area contributed by atoms with Crippen LogP contribution in [-0.4, -0.2) is 0 Å². The van der Waals surface area contributed by atoms with Crippen LogP contribution in [0.2, 0.25) is 0 Å². The van der Waals surface area contributed by atoms with E-state index in [1.54, 1.807) is 5.57 Å². The van der Waals surface area contributed by atoms with Crippen molar-refractivity contribution < 1.29 is 0 Å². The van der Waals surface area contributed by atoms with Gasteiger partial charge in [-0.3, -0.25) is 0 Å². The van der Waals surface area contributed by atoms with Crippen LogP contribution in [0.1, 0.15) is 51.0 Å². The molecule has 1 aromatic rings. The zero-order valence-corrected chi connectivity index (χ0v) is 11.0. The summed E-state index contributed by atoms with van der Waals surface area (Å²) in [5.74, 6) is 0.833. The molecule has 0 aromatic heterocycles. The summed E-state index contributed by atoms with van der Waals surface area (Å²) in [5.41, 5.74) is 3.20.